The van der Waals surface area contributed by atoms with Crippen LogP contribution in [0.5, 0.6) is 0 Å². The zero-order valence-corrected chi connectivity index (χ0v) is 13.9. The third-order valence-electron chi connectivity index (χ3n) is 3.32. The summed E-state index contributed by atoms with van der Waals surface area (Å²) in [4.78, 5) is 35.9. The molecule has 0 aliphatic rings. The first-order valence-electron chi connectivity index (χ1n) is 7.43. The van der Waals surface area contributed by atoms with Gasteiger partial charge in [-0.15, -0.1) is 0 Å². The van der Waals surface area contributed by atoms with Crippen molar-refractivity contribution in [2.45, 2.75) is 19.5 Å². The number of ether oxygens (including phenoxy) is 1. The van der Waals surface area contributed by atoms with Crippen molar-refractivity contribution in [1.29, 1.82) is 0 Å². The second-order valence-corrected chi connectivity index (χ2v) is 5.18. The molecule has 0 fully saturated rings. The van der Waals surface area contributed by atoms with Gasteiger partial charge in [-0.25, -0.2) is 0 Å². The molecule has 0 saturated carbocycles. The molecule has 138 valence electrons. The summed E-state index contributed by atoms with van der Waals surface area (Å²) in [5.41, 5.74) is -0.802. The first kappa shape index (κ1) is 20.5. The number of rotatable bonds is 7. The van der Waals surface area contributed by atoms with Crippen LogP contribution in [0.25, 0.3) is 0 Å². The quantitative estimate of drug-likeness (QED) is 0.753. The molecule has 0 atom stereocenters. The molecule has 25 heavy (non-hydrogen) atoms. The van der Waals surface area contributed by atoms with Crippen LogP contribution < -0.4 is 5.32 Å². The maximum Gasteiger partial charge on any atom is 0.416 e. The number of methoxy groups -OCH3 is 1. The van der Waals surface area contributed by atoms with Crippen molar-refractivity contribution in [1.82, 2.24) is 10.2 Å². The van der Waals surface area contributed by atoms with Crippen LogP contribution in [0.15, 0.2) is 24.3 Å². The van der Waals surface area contributed by atoms with Crippen LogP contribution >= 0.6 is 0 Å². The molecule has 0 aromatic heterocycles. The van der Waals surface area contributed by atoms with Crippen molar-refractivity contribution in [2.75, 3.05) is 26.7 Å². The van der Waals surface area contributed by atoms with E-state index < -0.39 is 23.6 Å². The molecule has 0 aliphatic heterocycles. The monoisotopic (exact) mass is 360 g/mol. The van der Waals surface area contributed by atoms with Gasteiger partial charge in [0.15, 0.2) is 0 Å². The number of benzene rings is 1. The van der Waals surface area contributed by atoms with E-state index in [2.05, 4.69) is 10.1 Å². The average molecular weight is 360 g/mol. The summed E-state index contributed by atoms with van der Waals surface area (Å²) in [6.07, 6.45) is -4.56. The number of nitrogens with one attached hydrogen (secondary N) is 1. The van der Waals surface area contributed by atoms with Crippen molar-refractivity contribution in [3.8, 4) is 0 Å². The van der Waals surface area contributed by atoms with Gasteiger partial charge >= 0.3 is 12.1 Å². The number of carbonyl (C=O) groups is 3. The zero-order chi connectivity index (χ0) is 19.0. The number of esters is 1. The van der Waals surface area contributed by atoms with Crippen LogP contribution in [0, 0.1) is 0 Å². The van der Waals surface area contributed by atoms with Crippen LogP contribution in [0.2, 0.25) is 0 Å². The Hall–Kier alpha value is -2.58. The Bertz CT molecular complexity index is 615. The van der Waals surface area contributed by atoms with Gasteiger partial charge in [0.1, 0.15) is 0 Å². The maximum atomic E-state index is 12.6. The molecule has 1 aromatic rings. The van der Waals surface area contributed by atoms with Gasteiger partial charge in [-0.2, -0.15) is 13.2 Å². The predicted octanol–water partition coefficient (Wildman–Crippen LogP) is 1.85. The zero-order valence-electron chi connectivity index (χ0n) is 13.9. The highest BCUT2D eigenvalue weighted by molar-refractivity contribution is 5.94. The van der Waals surface area contributed by atoms with Gasteiger partial charge < -0.3 is 15.0 Å². The summed E-state index contributed by atoms with van der Waals surface area (Å²) in [6.45, 7) is 1.60. The Balaban J connectivity index is 2.85. The standard InChI is InChI=1S/C16H19F3N2O4/c1-11(22)20-8-10-21(9-7-14(23)25-2)15(24)12-3-5-13(6-4-12)16(17,18)19/h3-6H,7-10H2,1-2H3,(H,20,22). The second-order valence-electron chi connectivity index (χ2n) is 5.18. The molecular formula is C16H19F3N2O4. The summed E-state index contributed by atoms with van der Waals surface area (Å²) >= 11 is 0. The molecule has 2 amide bonds. The van der Waals surface area contributed by atoms with Gasteiger partial charge in [0.25, 0.3) is 5.91 Å². The number of halogens is 3. The normalized spacial score (nSPS) is 10.9. The fraction of sp³-hybridized carbons (Fsp3) is 0.438. The topological polar surface area (TPSA) is 75.7 Å². The van der Waals surface area contributed by atoms with Gasteiger partial charge in [-0.05, 0) is 24.3 Å². The van der Waals surface area contributed by atoms with Crippen molar-refractivity contribution in [3.63, 3.8) is 0 Å². The van der Waals surface area contributed by atoms with E-state index in [0.717, 1.165) is 24.3 Å². The molecule has 1 rings (SSSR count). The molecule has 0 radical (unpaired) electrons. The van der Waals surface area contributed by atoms with E-state index in [4.69, 9.17) is 0 Å². The minimum absolute atomic E-state index is 0.0200. The second kappa shape index (κ2) is 9.05. The Morgan fingerprint density at radius 2 is 1.72 bits per heavy atom. The summed E-state index contributed by atoms with van der Waals surface area (Å²) in [7, 11) is 1.21. The number of alkyl halides is 3. The first-order valence-corrected chi connectivity index (χ1v) is 7.43. The molecule has 0 saturated heterocycles. The summed E-state index contributed by atoms with van der Waals surface area (Å²) in [5, 5.41) is 2.52. The molecule has 6 nitrogen and oxygen atoms in total. The number of nitrogens with zero attached hydrogens (tertiary/aromatic N) is 1. The lowest BCUT2D eigenvalue weighted by Gasteiger charge is -2.22. The summed E-state index contributed by atoms with van der Waals surface area (Å²) < 4.78 is 42.3. The van der Waals surface area contributed by atoms with E-state index >= 15 is 0 Å². The van der Waals surface area contributed by atoms with Crippen LogP contribution in [0.4, 0.5) is 13.2 Å². The van der Waals surface area contributed by atoms with E-state index in [0.29, 0.717) is 0 Å². The SMILES string of the molecule is COC(=O)CCN(CCNC(C)=O)C(=O)c1ccc(C(F)(F)F)cc1. The highest BCUT2D eigenvalue weighted by Crippen LogP contribution is 2.29. The fourth-order valence-corrected chi connectivity index (χ4v) is 1.99. The van der Waals surface area contributed by atoms with Gasteiger partial charge in [0.2, 0.25) is 5.91 Å². The van der Waals surface area contributed by atoms with Crippen LogP contribution in [0.3, 0.4) is 0 Å². The van der Waals surface area contributed by atoms with E-state index in [-0.39, 0.29) is 37.5 Å². The predicted molar refractivity (Wildman–Crippen MR) is 82.7 cm³/mol. The van der Waals surface area contributed by atoms with Gasteiger partial charge in [-0.1, -0.05) is 0 Å². The molecule has 0 unspecified atom stereocenters. The van der Waals surface area contributed by atoms with E-state index in [1.54, 1.807) is 0 Å². The Morgan fingerprint density at radius 3 is 2.20 bits per heavy atom. The van der Waals surface area contributed by atoms with Crippen molar-refractivity contribution in [2.24, 2.45) is 0 Å². The van der Waals surface area contributed by atoms with Crippen molar-refractivity contribution in [3.05, 3.63) is 35.4 Å². The van der Waals surface area contributed by atoms with E-state index in [9.17, 15) is 27.6 Å². The number of hydrogen-bond donors (Lipinski definition) is 1. The third-order valence-corrected chi connectivity index (χ3v) is 3.32. The lowest BCUT2D eigenvalue weighted by molar-refractivity contribution is -0.141. The number of hydrogen-bond acceptors (Lipinski definition) is 4. The molecule has 9 heteroatoms. The lowest BCUT2D eigenvalue weighted by Crippen LogP contribution is -2.39. The third kappa shape index (κ3) is 6.82. The van der Waals surface area contributed by atoms with Gasteiger partial charge in [-0.3, -0.25) is 14.4 Å². The largest absolute Gasteiger partial charge is 0.469 e. The van der Waals surface area contributed by atoms with Crippen molar-refractivity contribution >= 4 is 17.8 Å². The summed E-state index contributed by atoms with van der Waals surface area (Å²) in [5.74, 6) is -1.34. The number of amides is 2. The highest BCUT2D eigenvalue weighted by atomic mass is 19.4. The first-order chi connectivity index (χ1) is 11.6. The Kier molecular flexibility index (Phi) is 7.41. The van der Waals surface area contributed by atoms with Crippen LogP contribution in [-0.2, 0) is 20.5 Å². The minimum atomic E-state index is -4.49. The molecule has 1 aromatic carbocycles. The number of carbonyl (C=O) groups excluding carboxylic acids is 3. The molecule has 1 N–H and O–H groups in total. The minimum Gasteiger partial charge on any atom is -0.469 e. The highest BCUT2D eigenvalue weighted by Gasteiger charge is 2.30. The molecule has 0 spiro atoms. The molecule has 0 bridgehead atoms. The molecular weight excluding hydrogens is 341 g/mol. The smallest absolute Gasteiger partial charge is 0.416 e. The lowest BCUT2D eigenvalue weighted by atomic mass is 10.1. The van der Waals surface area contributed by atoms with Crippen LogP contribution in [-0.4, -0.2) is 49.4 Å². The Labute approximate surface area is 142 Å². The maximum absolute atomic E-state index is 12.6. The average Bonchev–Trinajstić information content (AvgIpc) is 2.56. The summed E-state index contributed by atoms with van der Waals surface area (Å²) in [6, 6.07) is 3.79. The van der Waals surface area contributed by atoms with Crippen molar-refractivity contribution < 1.29 is 32.3 Å². The molecule has 0 heterocycles. The van der Waals surface area contributed by atoms with Gasteiger partial charge in [0.05, 0.1) is 19.1 Å². The van der Waals surface area contributed by atoms with E-state index in [1.807, 2.05) is 0 Å². The van der Waals surface area contributed by atoms with Gasteiger partial charge in [0, 0.05) is 32.1 Å². The fourth-order valence-electron chi connectivity index (χ4n) is 1.99. The van der Waals surface area contributed by atoms with E-state index in [1.165, 1.54) is 18.9 Å². The Morgan fingerprint density at radius 1 is 1.12 bits per heavy atom. The van der Waals surface area contributed by atoms with Crippen LogP contribution in [0.1, 0.15) is 29.3 Å². The molecule has 0 aliphatic carbocycles.